The van der Waals surface area contributed by atoms with E-state index in [-0.39, 0.29) is 5.56 Å². The third-order valence-electron chi connectivity index (χ3n) is 2.26. The van der Waals surface area contributed by atoms with Gasteiger partial charge in [-0.3, -0.25) is 4.79 Å². The van der Waals surface area contributed by atoms with E-state index in [4.69, 9.17) is 0 Å². The lowest BCUT2D eigenvalue weighted by Gasteiger charge is -2.03. The van der Waals surface area contributed by atoms with Crippen molar-refractivity contribution in [3.8, 4) is 11.1 Å². The van der Waals surface area contributed by atoms with E-state index in [1.807, 2.05) is 0 Å². The average Bonchev–Trinajstić information content (AvgIpc) is 2.29. The van der Waals surface area contributed by atoms with Gasteiger partial charge < -0.3 is 0 Å². The lowest BCUT2D eigenvalue weighted by molar-refractivity contribution is 0.112. The van der Waals surface area contributed by atoms with Crippen molar-refractivity contribution in [2.45, 2.75) is 0 Å². The van der Waals surface area contributed by atoms with Crippen molar-refractivity contribution in [3.63, 3.8) is 0 Å². The van der Waals surface area contributed by atoms with Gasteiger partial charge in [0, 0.05) is 17.2 Å². The Morgan fingerprint density at radius 3 is 2.50 bits per heavy atom. The van der Waals surface area contributed by atoms with E-state index in [0.29, 0.717) is 17.4 Å². The summed E-state index contributed by atoms with van der Waals surface area (Å²) in [5, 5.41) is 0. The number of hydrogen-bond acceptors (Lipinski definition) is 1. The van der Waals surface area contributed by atoms with E-state index in [1.54, 1.807) is 24.3 Å². The van der Waals surface area contributed by atoms with Gasteiger partial charge in [0.25, 0.3) is 0 Å². The van der Waals surface area contributed by atoms with Crippen LogP contribution >= 0.6 is 0 Å². The van der Waals surface area contributed by atoms with Crippen molar-refractivity contribution in [1.29, 1.82) is 0 Å². The Hall–Kier alpha value is -2.03. The summed E-state index contributed by atoms with van der Waals surface area (Å²) in [4.78, 5) is 10.6. The fourth-order valence-corrected chi connectivity index (χ4v) is 1.50. The highest BCUT2D eigenvalue weighted by Gasteiger charge is 2.06. The van der Waals surface area contributed by atoms with Crippen molar-refractivity contribution in [1.82, 2.24) is 0 Å². The maximum Gasteiger partial charge on any atom is 0.150 e. The van der Waals surface area contributed by atoms with Crippen LogP contribution in [0.5, 0.6) is 0 Å². The molecule has 16 heavy (non-hydrogen) atoms. The van der Waals surface area contributed by atoms with Gasteiger partial charge in [0.1, 0.15) is 17.9 Å². The van der Waals surface area contributed by atoms with E-state index in [0.717, 1.165) is 6.07 Å². The fraction of sp³-hybridized carbons (Fsp3) is 0. The van der Waals surface area contributed by atoms with E-state index >= 15 is 0 Å². The third-order valence-corrected chi connectivity index (χ3v) is 2.26. The van der Waals surface area contributed by atoms with Crippen LogP contribution in [0.15, 0.2) is 42.5 Å². The normalized spacial score (nSPS) is 10.1. The van der Waals surface area contributed by atoms with Gasteiger partial charge in [0.2, 0.25) is 0 Å². The molecule has 0 heterocycles. The minimum absolute atomic E-state index is 0.283. The molecule has 0 aliphatic rings. The van der Waals surface area contributed by atoms with Crippen LogP contribution in [0, 0.1) is 11.6 Å². The second kappa shape index (κ2) is 4.23. The average molecular weight is 218 g/mol. The van der Waals surface area contributed by atoms with E-state index in [1.165, 1.54) is 12.1 Å². The highest BCUT2D eigenvalue weighted by atomic mass is 19.1. The summed E-state index contributed by atoms with van der Waals surface area (Å²) in [5.41, 5.74) is 1.30. The molecule has 0 saturated carbocycles. The zero-order valence-electron chi connectivity index (χ0n) is 8.28. The number of carbonyl (C=O) groups is 1. The molecular formula is C13H8F2O. The monoisotopic (exact) mass is 218 g/mol. The zero-order chi connectivity index (χ0) is 11.5. The van der Waals surface area contributed by atoms with Gasteiger partial charge >= 0.3 is 0 Å². The number of carbonyl (C=O) groups excluding carboxylic acids is 1. The first-order chi connectivity index (χ1) is 7.70. The minimum atomic E-state index is -0.636. The van der Waals surface area contributed by atoms with E-state index < -0.39 is 11.6 Å². The first kappa shape index (κ1) is 10.5. The van der Waals surface area contributed by atoms with Gasteiger partial charge in [-0.1, -0.05) is 18.2 Å². The lowest BCUT2D eigenvalue weighted by atomic mass is 10.0. The summed E-state index contributed by atoms with van der Waals surface area (Å²) < 4.78 is 26.2. The van der Waals surface area contributed by atoms with Crippen LogP contribution in [0.1, 0.15) is 10.4 Å². The molecule has 80 valence electrons. The summed E-state index contributed by atoms with van der Waals surface area (Å²) in [5.74, 6) is -1.25. The Kier molecular flexibility index (Phi) is 2.77. The molecule has 2 aromatic carbocycles. The molecule has 3 heteroatoms. The molecule has 0 saturated heterocycles. The van der Waals surface area contributed by atoms with Gasteiger partial charge in [-0.2, -0.15) is 0 Å². The quantitative estimate of drug-likeness (QED) is 0.705. The van der Waals surface area contributed by atoms with E-state index in [9.17, 15) is 13.6 Å². The Labute approximate surface area is 91.3 Å². The first-order valence-corrected chi connectivity index (χ1v) is 4.71. The van der Waals surface area contributed by atoms with Crippen molar-refractivity contribution >= 4 is 6.29 Å². The molecule has 0 aromatic heterocycles. The molecule has 2 rings (SSSR count). The summed E-state index contributed by atoms with van der Waals surface area (Å²) >= 11 is 0. The van der Waals surface area contributed by atoms with Gasteiger partial charge in [0.05, 0.1) is 0 Å². The summed E-state index contributed by atoms with van der Waals surface area (Å²) in [7, 11) is 0. The van der Waals surface area contributed by atoms with Crippen LogP contribution in [0.3, 0.4) is 0 Å². The largest absolute Gasteiger partial charge is 0.298 e. The summed E-state index contributed by atoms with van der Waals surface area (Å²) in [6, 6.07) is 9.87. The van der Waals surface area contributed by atoms with Crippen molar-refractivity contribution < 1.29 is 13.6 Å². The number of hydrogen-bond donors (Lipinski definition) is 0. The Bertz CT molecular complexity index is 535. The van der Waals surface area contributed by atoms with E-state index in [2.05, 4.69) is 0 Å². The molecule has 0 N–H and O–H groups in total. The highest BCUT2D eigenvalue weighted by Crippen LogP contribution is 2.23. The fourth-order valence-electron chi connectivity index (χ4n) is 1.50. The van der Waals surface area contributed by atoms with Crippen molar-refractivity contribution in [3.05, 3.63) is 59.7 Å². The second-order valence-electron chi connectivity index (χ2n) is 3.37. The summed E-state index contributed by atoms with van der Waals surface area (Å²) in [6.45, 7) is 0. The third kappa shape index (κ3) is 1.98. The van der Waals surface area contributed by atoms with Gasteiger partial charge in [-0.15, -0.1) is 0 Å². The van der Waals surface area contributed by atoms with Crippen molar-refractivity contribution in [2.24, 2.45) is 0 Å². The number of benzene rings is 2. The molecule has 0 bridgehead atoms. The Morgan fingerprint density at radius 1 is 1.00 bits per heavy atom. The molecule has 0 fully saturated rings. The molecule has 0 amide bonds. The van der Waals surface area contributed by atoms with Gasteiger partial charge in [-0.25, -0.2) is 8.78 Å². The van der Waals surface area contributed by atoms with Crippen LogP contribution in [-0.2, 0) is 0 Å². The molecule has 0 aliphatic heterocycles. The minimum Gasteiger partial charge on any atom is -0.298 e. The smallest absolute Gasteiger partial charge is 0.150 e. The predicted molar refractivity (Wildman–Crippen MR) is 57.2 cm³/mol. The number of rotatable bonds is 2. The molecular weight excluding hydrogens is 210 g/mol. The maximum atomic E-state index is 13.4. The number of aldehydes is 1. The van der Waals surface area contributed by atoms with Crippen LogP contribution in [0.25, 0.3) is 11.1 Å². The molecule has 1 nitrogen and oxygen atoms in total. The highest BCUT2D eigenvalue weighted by molar-refractivity contribution is 5.78. The van der Waals surface area contributed by atoms with Crippen LogP contribution < -0.4 is 0 Å². The molecule has 0 radical (unpaired) electrons. The number of halogens is 2. The molecule has 0 spiro atoms. The Morgan fingerprint density at radius 2 is 1.81 bits per heavy atom. The topological polar surface area (TPSA) is 17.1 Å². The zero-order valence-corrected chi connectivity index (χ0v) is 8.28. The first-order valence-electron chi connectivity index (χ1n) is 4.71. The van der Waals surface area contributed by atoms with Crippen LogP contribution in [0.2, 0.25) is 0 Å². The molecule has 0 unspecified atom stereocenters. The van der Waals surface area contributed by atoms with Crippen LogP contribution in [0.4, 0.5) is 8.78 Å². The Balaban J connectivity index is 2.53. The second-order valence-corrected chi connectivity index (χ2v) is 3.37. The maximum absolute atomic E-state index is 13.4. The standard InChI is InChI=1S/C13H8F2O/c14-11-4-5-12(13(15)7-11)10-3-1-2-9(6-10)8-16/h1-8H. The lowest BCUT2D eigenvalue weighted by Crippen LogP contribution is -1.87. The SMILES string of the molecule is O=Cc1cccc(-c2ccc(F)cc2F)c1. The van der Waals surface area contributed by atoms with Crippen LogP contribution in [-0.4, -0.2) is 6.29 Å². The molecule has 2 aromatic rings. The van der Waals surface area contributed by atoms with Crippen molar-refractivity contribution in [2.75, 3.05) is 0 Å². The van der Waals surface area contributed by atoms with Gasteiger partial charge in [0.15, 0.2) is 0 Å². The van der Waals surface area contributed by atoms with Gasteiger partial charge in [-0.05, 0) is 23.8 Å². The predicted octanol–water partition coefficient (Wildman–Crippen LogP) is 3.44. The molecule has 0 aliphatic carbocycles. The molecule has 0 atom stereocenters. The summed E-state index contributed by atoms with van der Waals surface area (Å²) in [6.07, 6.45) is 0.685.